The standard InChI is InChI=1S/C14H21BrN2O3S.ClH/c1-20-12-6-5-11(15)9-13(12)21(18,19)17-10-14(16)7-3-2-4-8-14;/h5-6,9,17H,2-4,7-8,10,16H2,1H3;1H. The van der Waals surface area contributed by atoms with E-state index in [4.69, 9.17) is 10.5 Å². The van der Waals surface area contributed by atoms with Crippen LogP contribution < -0.4 is 15.2 Å². The first-order valence-electron chi connectivity index (χ1n) is 6.98. The van der Waals surface area contributed by atoms with Gasteiger partial charge in [0, 0.05) is 16.6 Å². The molecule has 0 atom stereocenters. The zero-order chi connectivity index (χ0) is 15.5. The molecule has 0 radical (unpaired) electrons. The predicted molar refractivity (Wildman–Crippen MR) is 93.1 cm³/mol. The van der Waals surface area contributed by atoms with E-state index in [1.807, 2.05) is 0 Å². The molecule has 1 aromatic rings. The normalized spacial score (nSPS) is 17.6. The summed E-state index contributed by atoms with van der Waals surface area (Å²) in [5.74, 6) is 0.320. The van der Waals surface area contributed by atoms with Crippen molar-refractivity contribution >= 4 is 38.4 Å². The Bertz CT molecular complexity index is 604. The number of hydrogen-bond donors (Lipinski definition) is 2. The molecule has 0 aromatic heterocycles. The minimum absolute atomic E-state index is 0. The van der Waals surface area contributed by atoms with E-state index >= 15 is 0 Å². The Morgan fingerprint density at radius 1 is 1.32 bits per heavy atom. The largest absolute Gasteiger partial charge is 0.495 e. The Kier molecular flexibility index (Phi) is 7.14. The van der Waals surface area contributed by atoms with Crippen molar-refractivity contribution in [3.63, 3.8) is 0 Å². The molecule has 2 rings (SSSR count). The SMILES string of the molecule is COc1ccc(Br)cc1S(=O)(=O)NCC1(N)CCCCC1.Cl. The van der Waals surface area contributed by atoms with Gasteiger partial charge in [0.25, 0.3) is 0 Å². The van der Waals surface area contributed by atoms with Crippen molar-refractivity contribution < 1.29 is 13.2 Å². The molecule has 1 saturated carbocycles. The second kappa shape index (κ2) is 7.97. The number of ether oxygens (including phenoxy) is 1. The van der Waals surface area contributed by atoms with E-state index in [9.17, 15) is 8.42 Å². The molecular formula is C14H22BrClN2O3S. The fourth-order valence-corrected chi connectivity index (χ4v) is 4.45. The summed E-state index contributed by atoms with van der Waals surface area (Å²) in [5, 5.41) is 0. The van der Waals surface area contributed by atoms with Crippen molar-refractivity contribution in [3.8, 4) is 5.75 Å². The highest BCUT2D eigenvalue weighted by Crippen LogP contribution is 2.29. The highest BCUT2D eigenvalue weighted by molar-refractivity contribution is 9.10. The van der Waals surface area contributed by atoms with Gasteiger partial charge in [-0.3, -0.25) is 0 Å². The molecule has 0 saturated heterocycles. The molecule has 3 N–H and O–H groups in total. The third kappa shape index (κ3) is 4.83. The Morgan fingerprint density at radius 2 is 1.95 bits per heavy atom. The zero-order valence-electron chi connectivity index (χ0n) is 12.5. The van der Waals surface area contributed by atoms with Gasteiger partial charge in [0.05, 0.1) is 7.11 Å². The number of sulfonamides is 1. The van der Waals surface area contributed by atoms with Crippen LogP contribution in [0.2, 0.25) is 0 Å². The van der Waals surface area contributed by atoms with Crippen LogP contribution in [0.15, 0.2) is 27.6 Å². The number of nitrogens with two attached hydrogens (primary N) is 1. The average Bonchev–Trinajstić information content (AvgIpc) is 2.46. The summed E-state index contributed by atoms with van der Waals surface area (Å²) in [6.45, 7) is 0.255. The fourth-order valence-electron chi connectivity index (χ4n) is 2.61. The van der Waals surface area contributed by atoms with Crippen LogP contribution in [0.4, 0.5) is 0 Å². The highest BCUT2D eigenvalue weighted by atomic mass is 79.9. The molecule has 0 amide bonds. The monoisotopic (exact) mass is 412 g/mol. The Hall–Kier alpha value is -0.340. The summed E-state index contributed by atoms with van der Waals surface area (Å²) in [5.41, 5.74) is 5.84. The molecule has 1 aliphatic carbocycles. The van der Waals surface area contributed by atoms with Crippen molar-refractivity contribution in [3.05, 3.63) is 22.7 Å². The molecule has 0 unspecified atom stereocenters. The maximum atomic E-state index is 12.5. The van der Waals surface area contributed by atoms with Crippen molar-refractivity contribution in [2.45, 2.75) is 42.5 Å². The predicted octanol–water partition coefficient (Wildman–Crippen LogP) is 2.82. The zero-order valence-corrected chi connectivity index (χ0v) is 15.7. The first kappa shape index (κ1) is 19.7. The second-order valence-corrected chi connectivity index (χ2v) is 8.19. The highest BCUT2D eigenvalue weighted by Gasteiger charge is 2.30. The van der Waals surface area contributed by atoms with Gasteiger partial charge in [-0.25, -0.2) is 13.1 Å². The van der Waals surface area contributed by atoms with Gasteiger partial charge in [-0.1, -0.05) is 35.2 Å². The molecular weight excluding hydrogens is 392 g/mol. The lowest BCUT2D eigenvalue weighted by Crippen LogP contribution is -2.51. The van der Waals surface area contributed by atoms with E-state index in [-0.39, 0.29) is 23.8 Å². The lowest BCUT2D eigenvalue weighted by molar-refractivity contribution is 0.296. The van der Waals surface area contributed by atoms with Crippen LogP contribution in [0.5, 0.6) is 5.75 Å². The fraction of sp³-hybridized carbons (Fsp3) is 0.571. The van der Waals surface area contributed by atoms with Gasteiger partial charge in [-0.15, -0.1) is 12.4 Å². The van der Waals surface area contributed by atoms with Crippen LogP contribution in [0.25, 0.3) is 0 Å². The quantitative estimate of drug-likeness (QED) is 0.777. The summed E-state index contributed by atoms with van der Waals surface area (Å²) in [6.07, 6.45) is 4.98. The molecule has 1 aromatic carbocycles. The topological polar surface area (TPSA) is 81.4 Å². The van der Waals surface area contributed by atoms with E-state index in [2.05, 4.69) is 20.7 Å². The molecule has 5 nitrogen and oxygen atoms in total. The van der Waals surface area contributed by atoms with Gasteiger partial charge in [-0.2, -0.15) is 0 Å². The Morgan fingerprint density at radius 3 is 2.55 bits per heavy atom. The summed E-state index contributed by atoms with van der Waals surface area (Å²) < 4.78 is 33.4. The maximum Gasteiger partial charge on any atom is 0.244 e. The van der Waals surface area contributed by atoms with Crippen molar-refractivity contribution in [2.75, 3.05) is 13.7 Å². The summed E-state index contributed by atoms with van der Waals surface area (Å²) >= 11 is 3.28. The number of rotatable bonds is 5. The van der Waals surface area contributed by atoms with Crippen LogP contribution in [0.3, 0.4) is 0 Å². The molecule has 0 aliphatic heterocycles. The van der Waals surface area contributed by atoms with E-state index in [0.29, 0.717) is 10.2 Å². The van der Waals surface area contributed by atoms with Gasteiger partial charge in [0.2, 0.25) is 10.0 Å². The van der Waals surface area contributed by atoms with Gasteiger partial charge >= 0.3 is 0 Å². The van der Waals surface area contributed by atoms with E-state index in [0.717, 1.165) is 25.7 Å². The first-order chi connectivity index (χ1) is 9.86. The third-order valence-corrected chi connectivity index (χ3v) is 5.79. The van der Waals surface area contributed by atoms with E-state index in [1.54, 1.807) is 12.1 Å². The molecule has 8 heteroatoms. The number of halogens is 2. The van der Waals surface area contributed by atoms with Gasteiger partial charge < -0.3 is 10.5 Å². The van der Waals surface area contributed by atoms with Gasteiger partial charge in [0.15, 0.2) is 0 Å². The van der Waals surface area contributed by atoms with Crippen molar-refractivity contribution in [2.24, 2.45) is 5.73 Å². The van der Waals surface area contributed by atoms with Crippen molar-refractivity contribution in [1.29, 1.82) is 0 Å². The smallest absolute Gasteiger partial charge is 0.244 e. The third-order valence-electron chi connectivity index (χ3n) is 3.88. The van der Waals surface area contributed by atoms with Crippen LogP contribution in [0.1, 0.15) is 32.1 Å². The number of hydrogen-bond acceptors (Lipinski definition) is 4. The second-order valence-electron chi connectivity index (χ2n) is 5.54. The van der Waals surface area contributed by atoms with Crippen LogP contribution in [-0.2, 0) is 10.0 Å². The van der Waals surface area contributed by atoms with Gasteiger partial charge in [-0.05, 0) is 31.0 Å². The van der Waals surface area contributed by atoms with Crippen LogP contribution >= 0.6 is 28.3 Å². The van der Waals surface area contributed by atoms with Gasteiger partial charge in [0.1, 0.15) is 10.6 Å². The minimum atomic E-state index is -3.65. The summed E-state index contributed by atoms with van der Waals surface area (Å²) in [4.78, 5) is 0.124. The van der Waals surface area contributed by atoms with Crippen LogP contribution in [0, 0.1) is 0 Å². The van der Waals surface area contributed by atoms with E-state index < -0.39 is 15.6 Å². The summed E-state index contributed by atoms with van der Waals surface area (Å²) in [7, 11) is -2.20. The van der Waals surface area contributed by atoms with Crippen LogP contribution in [-0.4, -0.2) is 27.6 Å². The van der Waals surface area contributed by atoms with Crippen molar-refractivity contribution in [1.82, 2.24) is 4.72 Å². The number of methoxy groups -OCH3 is 1. The molecule has 0 bridgehead atoms. The molecule has 22 heavy (non-hydrogen) atoms. The lowest BCUT2D eigenvalue weighted by atomic mass is 9.83. The molecule has 1 aliphatic rings. The van der Waals surface area contributed by atoms with E-state index in [1.165, 1.54) is 19.6 Å². The first-order valence-corrected chi connectivity index (χ1v) is 9.26. The lowest BCUT2D eigenvalue weighted by Gasteiger charge is -2.33. The summed E-state index contributed by atoms with van der Waals surface area (Å²) in [6, 6.07) is 4.89. The average molecular weight is 414 g/mol. The number of benzene rings is 1. The number of nitrogens with one attached hydrogen (secondary N) is 1. The minimum Gasteiger partial charge on any atom is -0.495 e. The molecule has 126 valence electrons. The molecule has 1 fully saturated rings. The molecule has 0 spiro atoms. The maximum absolute atomic E-state index is 12.5. The Balaban J connectivity index is 0.00000242. The Labute approximate surface area is 146 Å². The molecule has 0 heterocycles.